The first kappa shape index (κ1) is 18.8. The number of amides is 2. The molecule has 0 bridgehead atoms. The smallest absolute Gasteiger partial charge is 0.318 e. The fourth-order valence-corrected chi connectivity index (χ4v) is 3.23. The number of carbonyl (C=O) groups excluding carboxylic acids is 1. The van der Waals surface area contributed by atoms with Gasteiger partial charge in [0.15, 0.2) is 0 Å². The third kappa shape index (κ3) is 5.00. The van der Waals surface area contributed by atoms with Crippen LogP contribution in [0.5, 0.6) is 0 Å². The molecule has 136 valence electrons. The molecule has 2 unspecified atom stereocenters. The first-order valence-electron chi connectivity index (χ1n) is 9.04. The number of aliphatic hydroxyl groups is 1. The summed E-state index contributed by atoms with van der Waals surface area (Å²) in [6, 6.07) is 3.96. The van der Waals surface area contributed by atoms with E-state index >= 15 is 0 Å². The fourth-order valence-electron chi connectivity index (χ4n) is 3.23. The first-order valence-corrected chi connectivity index (χ1v) is 9.04. The minimum atomic E-state index is -0.0838. The Balaban J connectivity index is 1.91. The van der Waals surface area contributed by atoms with E-state index in [1.165, 1.54) is 0 Å². The van der Waals surface area contributed by atoms with E-state index in [9.17, 15) is 9.90 Å². The molecule has 1 aliphatic rings. The average Bonchev–Trinajstić information content (AvgIpc) is 2.97. The topological polar surface area (TPSA) is 65.7 Å². The summed E-state index contributed by atoms with van der Waals surface area (Å²) in [6.07, 6.45) is 3.73. The van der Waals surface area contributed by atoms with Gasteiger partial charge in [0.25, 0.3) is 0 Å². The molecular weight excluding hydrogens is 304 g/mol. The van der Waals surface area contributed by atoms with Gasteiger partial charge in [-0.3, -0.25) is 0 Å². The molecule has 0 spiro atoms. The van der Waals surface area contributed by atoms with Crippen LogP contribution >= 0.6 is 0 Å². The number of hydrogen-bond donors (Lipinski definition) is 2. The lowest BCUT2D eigenvalue weighted by Gasteiger charge is -2.37. The van der Waals surface area contributed by atoms with Gasteiger partial charge in [-0.15, -0.1) is 0 Å². The highest BCUT2D eigenvalue weighted by atomic mass is 16.3. The van der Waals surface area contributed by atoms with Crippen LogP contribution in [0.4, 0.5) is 4.79 Å². The molecule has 5 nitrogen and oxygen atoms in total. The summed E-state index contributed by atoms with van der Waals surface area (Å²) >= 11 is 0. The number of furan rings is 1. The Morgan fingerprint density at radius 2 is 2.21 bits per heavy atom. The van der Waals surface area contributed by atoms with Gasteiger partial charge in [0.2, 0.25) is 0 Å². The monoisotopic (exact) mass is 336 g/mol. The molecule has 2 atom stereocenters. The minimum absolute atomic E-state index is 0.0113. The zero-order valence-corrected chi connectivity index (χ0v) is 15.5. The lowest BCUT2D eigenvalue weighted by molar-refractivity contribution is 0.118. The standard InChI is InChI=1S/C19H32N2O3/c1-14-8-11-21(16(12-14)17-7-6-15(2)24-17)18(23)20-10-5-9-19(3,4)13-22/h6-7,14,16,22H,5,8-13H2,1-4H3,(H,20,23). The summed E-state index contributed by atoms with van der Waals surface area (Å²) in [4.78, 5) is 14.5. The molecule has 5 heteroatoms. The Kier molecular flexibility index (Phi) is 6.33. The Bertz CT molecular complexity index is 538. The third-order valence-corrected chi connectivity index (χ3v) is 4.95. The normalized spacial score (nSPS) is 21.8. The molecule has 0 saturated carbocycles. The zero-order valence-electron chi connectivity index (χ0n) is 15.5. The van der Waals surface area contributed by atoms with Gasteiger partial charge in [-0.25, -0.2) is 4.79 Å². The first-order chi connectivity index (χ1) is 11.3. The van der Waals surface area contributed by atoms with Crippen LogP contribution in [0.3, 0.4) is 0 Å². The molecule has 1 saturated heterocycles. The summed E-state index contributed by atoms with van der Waals surface area (Å²) in [5.74, 6) is 2.36. The lowest BCUT2D eigenvalue weighted by atomic mass is 9.89. The van der Waals surface area contributed by atoms with Crippen LogP contribution in [0.25, 0.3) is 0 Å². The van der Waals surface area contributed by atoms with E-state index < -0.39 is 0 Å². The summed E-state index contributed by atoms with van der Waals surface area (Å²) in [7, 11) is 0. The zero-order chi connectivity index (χ0) is 17.7. The SMILES string of the molecule is Cc1ccc(C2CC(C)CCN2C(=O)NCCCC(C)(C)CO)o1. The predicted molar refractivity (Wildman–Crippen MR) is 94.8 cm³/mol. The van der Waals surface area contributed by atoms with E-state index in [1.807, 2.05) is 37.8 Å². The van der Waals surface area contributed by atoms with Crippen molar-refractivity contribution in [2.75, 3.05) is 19.7 Å². The Labute approximate surface area is 145 Å². The van der Waals surface area contributed by atoms with Crippen LogP contribution < -0.4 is 5.32 Å². The molecule has 0 radical (unpaired) electrons. The van der Waals surface area contributed by atoms with Crippen molar-refractivity contribution in [1.29, 1.82) is 0 Å². The fraction of sp³-hybridized carbons (Fsp3) is 0.737. The molecule has 2 N–H and O–H groups in total. The van der Waals surface area contributed by atoms with E-state index in [1.54, 1.807) is 0 Å². The highest BCUT2D eigenvalue weighted by Gasteiger charge is 2.32. The third-order valence-electron chi connectivity index (χ3n) is 4.95. The highest BCUT2D eigenvalue weighted by Crippen LogP contribution is 2.34. The van der Waals surface area contributed by atoms with Crippen molar-refractivity contribution in [3.05, 3.63) is 23.7 Å². The summed E-state index contributed by atoms with van der Waals surface area (Å²) in [6.45, 7) is 9.81. The van der Waals surface area contributed by atoms with Crippen molar-refractivity contribution < 1.29 is 14.3 Å². The maximum absolute atomic E-state index is 12.6. The maximum Gasteiger partial charge on any atom is 0.318 e. The molecule has 2 rings (SSSR count). The second-order valence-electron chi connectivity index (χ2n) is 7.94. The number of piperidine rings is 1. The van der Waals surface area contributed by atoms with E-state index in [4.69, 9.17) is 4.42 Å². The van der Waals surface area contributed by atoms with Gasteiger partial charge in [0.1, 0.15) is 11.5 Å². The molecule has 1 aliphatic heterocycles. The summed E-state index contributed by atoms with van der Waals surface area (Å²) in [5.41, 5.74) is -0.0838. The lowest BCUT2D eigenvalue weighted by Crippen LogP contribution is -2.46. The molecule has 24 heavy (non-hydrogen) atoms. The molecule has 0 aliphatic carbocycles. The second-order valence-corrected chi connectivity index (χ2v) is 7.94. The highest BCUT2D eigenvalue weighted by molar-refractivity contribution is 5.74. The van der Waals surface area contributed by atoms with Crippen molar-refractivity contribution in [2.24, 2.45) is 11.3 Å². The largest absolute Gasteiger partial charge is 0.464 e. The average molecular weight is 336 g/mol. The molecule has 1 aromatic heterocycles. The Hall–Kier alpha value is -1.49. The maximum atomic E-state index is 12.6. The van der Waals surface area contributed by atoms with Crippen molar-refractivity contribution in [2.45, 2.75) is 59.4 Å². The Morgan fingerprint density at radius 3 is 2.83 bits per heavy atom. The van der Waals surface area contributed by atoms with Gasteiger partial charge < -0.3 is 19.7 Å². The van der Waals surface area contributed by atoms with E-state index in [0.717, 1.165) is 43.7 Å². The summed E-state index contributed by atoms with van der Waals surface area (Å²) in [5, 5.41) is 12.3. The van der Waals surface area contributed by atoms with Gasteiger partial charge >= 0.3 is 6.03 Å². The van der Waals surface area contributed by atoms with Crippen LogP contribution in [0, 0.1) is 18.3 Å². The number of rotatable bonds is 6. The van der Waals surface area contributed by atoms with Crippen molar-refractivity contribution in [3.63, 3.8) is 0 Å². The number of aryl methyl sites for hydroxylation is 1. The summed E-state index contributed by atoms with van der Waals surface area (Å²) < 4.78 is 5.79. The number of urea groups is 1. The number of nitrogens with zero attached hydrogens (tertiary/aromatic N) is 1. The minimum Gasteiger partial charge on any atom is -0.464 e. The molecule has 2 amide bonds. The number of aliphatic hydroxyl groups excluding tert-OH is 1. The van der Waals surface area contributed by atoms with Crippen LogP contribution in [0.2, 0.25) is 0 Å². The Morgan fingerprint density at radius 1 is 1.46 bits per heavy atom. The quantitative estimate of drug-likeness (QED) is 0.775. The molecule has 1 fully saturated rings. The van der Waals surface area contributed by atoms with Crippen LogP contribution in [-0.4, -0.2) is 35.7 Å². The van der Waals surface area contributed by atoms with Crippen molar-refractivity contribution >= 4 is 6.03 Å². The van der Waals surface area contributed by atoms with Gasteiger partial charge in [0.05, 0.1) is 6.04 Å². The van der Waals surface area contributed by atoms with E-state index in [-0.39, 0.29) is 24.1 Å². The molecule has 2 heterocycles. The van der Waals surface area contributed by atoms with Crippen molar-refractivity contribution in [1.82, 2.24) is 10.2 Å². The number of hydrogen-bond acceptors (Lipinski definition) is 3. The van der Waals surface area contributed by atoms with E-state index in [2.05, 4.69) is 12.2 Å². The molecule has 1 aromatic rings. The van der Waals surface area contributed by atoms with Crippen LogP contribution in [-0.2, 0) is 0 Å². The van der Waals surface area contributed by atoms with Gasteiger partial charge in [-0.1, -0.05) is 20.8 Å². The molecular formula is C19H32N2O3. The van der Waals surface area contributed by atoms with Gasteiger partial charge in [-0.2, -0.15) is 0 Å². The van der Waals surface area contributed by atoms with E-state index in [0.29, 0.717) is 12.5 Å². The van der Waals surface area contributed by atoms with Gasteiger partial charge in [0, 0.05) is 19.7 Å². The van der Waals surface area contributed by atoms with Crippen LogP contribution in [0.15, 0.2) is 16.5 Å². The van der Waals surface area contributed by atoms with Gasteiger partial charge in [-0.05, 0) is 56.1 Å². The predicted octanol–water partition coefficient (Wildman–Crippen LogP) is 3.87. The molecule has 0 aromatic carbocycles. The number of likely N-dealkylation sites (tertiary alicyclic amines) is 1. The number of nitrogens with one attached hydrogen (secondary N) is 1. The van der Waals surface area contributed by atoms with Crippen LogP contribution in [0.1, 0.15) is 64.0 Å². The second kappa shape index (κ2) is 8.06. The van der Waals surface area contributed by atoms with Crippen molar-refractivity contribution in [3.8, 4) is 0 Å². The number of carbonyl (C=O) groups is 1.